The van der Waals surface area contributed by atoms with E-state index >= 15 is 0 Å². The van der Waals surface area contributed by atoms with Crippen LogP contribution in [0.3, 0.4) is 0 Å². The Hall–Kier alpha value is -2.09. The minimum atomic E-state index is -0.442. The summed E-state index contributed by atoms with van der Waals surface area (Å²) >= 11 is 0. The number of aliphatic hydroxyl groups excluding tert-OH is 1. The normalized spacial score (nSPS) is 14.8. The Labute approximate surface area is 153 Å². The van der Waals surface area contributed by atoms with Crippen LogP contribution in [0.4, 0.5) is 0 Å². The molecule has 0 aromatic heterocycles. The average Bonchev–Trinajstić information content (AvgIpc) is 3.03. The summed E-state index contributed by atoms with van der Waals surface area (Å²) < 4.78 is 27.0. The maximum absolute atomic E-state index is 12.3. The molecule has 1 heterocycles. The SMILES string of the molecule is COc1c(C)c2c(c(OCOC(C)OC)c1C/C=C(\C)CO)C(=O)OC2. The minimum absolute atomic E-state index is 0.0427. The first kappa shape index (κ1) is 20.2. The van der Waals surface area contributed by atoms with Crippen LogP contribution in [0.15, 0.2) is 11.6 Å². The maximum Gasteiger partial charge on any atom is 0.342 e. The number of hydrogen-bond donors (Lipinski definition) is 1. The predicted molar refractivity (Wildman–Crippen MR) is 94.4 cm³/mol. The first-order valence-corrected chi connectivity index (χ1v) is 8.37. The van der Waals surface area contributed by atoms with E-state index in [1.165, 1.54) is 7.11 Å². The molecule has 0 bridgehead atoms. The van der Waals surface area contributed by atoms with Crippen molar-refractivity contribution in [3.63, 3.8) is 0 Å². The van der Waals surface area contributed by atoms with E-state index in [1.54, 1.807) is 14.0 Å². The van der Waals surface area contributed by atoms with Gasteiger partial charge in [-0.2, -0.15) is 0 Å². The topological polar surface area (TPSA) is 83.5 Å². The van der Waals surface area contributed by atoms with Gasteiger partial charge in [-0.1, -0.05) is 11.6 Å². The molecule has 1 unspecified atom stereocenters. The van der Waals surface area contributed by atoms with Gasteiger partial charge in [0.25, 0.3) is 0 Å². The van der Waals surface area contributed by atoms with E-state index in [0.29, 0.717) is 29.0 Å². The zero-order chi connectivity index (χ0) is 19.3. The number of fused-ring (bicyclic) bond motifs is 1. The molecule has 0 radical (unpaired) electrons. The summed E-state index contributed by atoms with van der Waals surface area (Å²) in [6.07, 6.45) is 1.86. The largest absolute Gasteiger partial charge is 0.496 e. The van der Waals surface area contributed by atoms with E-state index in [0.717, 1.165) is 16.7 Å². The molecule has 0 spiro atoms. The van der Waals surface area contributed by atoms with Gasteiger partial charge in [0.05, 0.1) is 13.7 Å². The highest BCUT2D eigenvalue weighted by molar-refractivity contribution is 5.98. The van der Waals surface area contributed by atoms with Crippen molar-refractivity contribution in [2.24, 2.45) is 0 Å². The Morgan fingerprint density at radius 2 is 2.08 bits per heavy atom. The van der Waals surface area contributed by atoms with Gasteiger partial charge in [-0.15, -0.1) is 0 Å². The monoisotopic (exact) mass is 366 g/mol. The quantitative estimate of drug-likeness (QED) is 0.408. The van der Waals surface area contributed by atoms with Gasteiger partial charge in [0.15, 0.2) is 13.1 Å². The summed E-state index contributed by atoms with van der Waals surface area (Å²) in [5, 5.41) is 9.25. The van der Waals surface area contributed by atoms with E-state index in [1.807, 2.05) is 19.9 Å². The van der Waals surface area contributed by atoms with E-state index in [9.17, 15) is 9.90 Å². The molecular weight excluding hydrogens is 340 g/mol. The van der Waals surface area contributed by atoms with E-state index in [-0.39, 0.29) is 20.0 Å². The third-order valence-electron chi connectivity index (χ3n) is 4.37. The van der Waals surface area contributed by atoms with Gasteiger partial charge in [0.2, 0.25) is 0 Å². The summed E-state index contributed by atoms with van der Waals surface area (Å²) in [5.74, 6) is 0.596. The molecule has 1 N–H and O–H groups in total. The maximum atomic E-state index is 12.3. The van der Waals surface area contributed by atoms with Gasteiger partial charge in [-0.05, 0) is 32.8 Å². The minimum Gasteiger partial charge on any atom is -0.496 e. The van der Waals surface area contributed by atoms with Crippen LogP contribution >= 0.6 is 0 Å². The number of carbonyl (C=O) groups is 1. The van der Waals surface area contributed by atoms with Gasteiger partial charge in [0.1, 0.15) is 23.7 Å². The van der Waals surface area contributed by atoms with Crippen LogP contribution < -0.4 is 9.47 Å². The van der Waals surface area contributed by atoms with Crippen LogP contribution in [0.2, 0.25) is 0 Å². The number of methoxy groups -OCH3 is 2. The molecule has 0 aliphatic carbocycles. The van der Waals surface area contributed by atoms with Crippen LogP contribution in [-0.4, -0.2) is 45.0 Å². The lowest BCUT2D eigenvalue weighted by Gasteiger charge is -2.20. The molecule has 1 atom stereocenters. The standard InChI is InChI=1S/C19H26O7/c1-11(8-20)6-7-14-17(23-5)12(2)15-9-24-19(21)16(15)18(14)26-10-25-13(3)22-4/h6,13,20H,7-10H2,1-5H3/b11-6+. The smallest absolute Gasteiger partial charge is 0.342 e. The fourth-order valence-corrected chi connectivity index (χ4v) is 2.77. The van der Waals surface area contributed by atoms with Crippen molar-refractivity contribution in [2.45, 2.75) is 40.1 Å². The van der Waals surface area contributed by atoms with Gasteiger partial charge >= 0.3 is 5.97 Å². The summed E-state index contributed by atoms with van der Waals surface area (Å²) in [4.78, 5) is 12.3. The Balaban J connectivity index is 2.49. The Kier molecular flexibility index (Phi) is 7.02. The molecule has 7 heteroatoms. The van der Waals surface area contributed by atoms with Gasteiger partial charge in [-0.3, -0.25) is 0 Å². The lowest BCUT2D eigenvalue weighted by molar-refractivity contribution is -0.149. The van der Waals surface area contributed by atoms with Gasteiger partial charge in [-0.25, -0.2) is 4.79 Å². The number of carbonyl (C=O) groups excluding carboxylic acids is 1. The fourth-order valence-electron chi connectivity index (χ4n) is 2.77. The molecule has 0 saturated heterocycles. The number of ether oxygens (including phenoxy) is 5. The molecule has 1 aliphatic rings. The Morgan fingerprint density at radius 3 is 2.69 bits per heavy atom. The molecule has 0 amide bonds. The third kappa shape index (κ3) is 4.17. The van der Waals surface area contributed by atoms with E-state index < -0.39 is 12.3 Å². The lowest BCUT2D eigenvalue weighted by atomic mass is 9.95. The molecule has 144 valence electrons. The molecular formula is C19H26O7. The zero-order valence-corrected chi connectivity index (χ0v) is 15.9. The Bertz CT molecular complexity index is 694. The average molecular weight is 366 g/mol. The van der Waals surface area contributed by atoms with Crippen molar-refractivity contribution in [3.05, 3.63) is 33.9 Å². The second-order valence-electron chi connectivity index (χ2n) is 6.04. The van der Waals surface area contributed by atoms with Crippen molar-refractivity contribution < 1.29 is 33.6 Å². The molecule has 7 nitrogen and oxygen atoms in total. The second-order valence-corrected chi connectivity index (χ2v) is 6.04. The molecule has 1 aliphatic heterocycles. The molecule has 1 aromatic rings. The summed E-state index contributed by atoms with van der Waals surface area (Å²) in [6, 6.07) is 0. The number of aliphatic hydroxyl groups is 1. The van der Waals surface area contributed by atoms with E-state index in [4.69, 9.17) is 23.7 Å². The molecule has 26 heavy (non-hydrogen) atoms. The van der Waals surface area contributed by atoms with Crippen molar-refractivity contribution in [2.75, 3.05) is 27.6 Å². The summed E-state index contributed by atoms with van der Waals surface area (Å²) in [6.45, 7) is 5.51. The summed E-state index contributed by atoms with van der Waals surface area (Å²) in [5.41, 5.74) is 3.53. The molecule has 1 aromatic carbocycles. The van der Waals surface area contributed by atoms with Crippen molar-refractivity contribution in [3.8, 4) is 11.5 Å². The van der Waals surface area contributed by atoms with Crippen LogP contribution in [-0.2, 0) is 27.2 Å². The van der Waals surface area contributed by atoms with E-state index in [2.05, 4.69) is 0 Å². The van der Waals surface area contributed by atoms with Crippen molar-refractivity contribution in [1.82, 2.24) is 0 Å². The lowest BCUT2D eigenvalue weighted by Crippen LogP contribution is -2.16. The van der Waals surface area contributed by atoms with Crippen LogP contribution in [0.1, 0.15) is 40.9 Å². The van der Waals surface area contributed by atoms with Crippen molar-refractivity contribution in [1.29, 1.82) is 0 Å². The predicted octanol–water partition coefficient (Wildman–Crippen LogP) is 2.50. The first-order chi connectivity index (χ1) is 12.4. The molecule has 2 rings (SSSR count). The first-order valence-electron chi connectivity index (χ1n) is 8.37. The van der Waals surface area contributed by atoms with Crippen LogP contribution in [0.5, 0.6) is 11.5 Å². The number of cyclic esters (lactones) is 1. The number of benzene rings is 1. The van der Waals surface area contributed by atoms with Gasteiger partial charge in [0, 0.05) is 18.2 Å². The number of rotatable bonds is 9. The van der Waals surface area contributed by atoms with Gasteiger partial charge < -0.3 is 28.8 Å². The fraction of sp³-hybridized carbons (Fsp3) is 0.526. The third-order valence-corrected chi connectivity index (χ3v) is 4.37. The van der Waals surface area contributed by atoms with Crippen LogP contribution in [0, 0.1) is 6.92 Å². The molecule has 0 fully saturated rings. The Morgan fingerprint density at radius 1 is 1.35 bits per heavy atom. The van der Waals surface area contributed by atoms with Crippen LogP contribution in [0.25, 0.3) is 0 Å². The van der Waals surface area contributed by atoms with Crippen molar-refractivity contribution >= 4 is 5.97 Å². The zero-order valence-electron chi connectivity index (χ0n) is 15.9. The number of esters is 1. The highest BCUT2D eigenvalue weighted by Gasteiger charge is 2.33. The second kappa shape index (κ2) is 9.02. The number of hydrogen-bond acceptors (Lipinski definition) is 7. The highest BCUT2D eigenvalue weighted by atomic mass is 16.7. The molecule has 0 saturated carbocycles. The highest BCUT2D eigenvalue weighted by Crippen LogP contribution is 2.42. The number of allylic oxidation sites excluding steroid dienone is 1. The summed E-state index contributed by atoms with van der Waals surface area (Å²) in [7, 11) is 3.11.